The van der Waals surface area contributed by atoms with Crippen molar-refractivity contribution in [3.8, 4) is 16.9 Å². The Hall–Kier alpha value is -4.05. The van der Waals surface area contributed by atoms with E-state index in [2.05, 4.69) is 9.97 Å². The van der Waals surface area contributed by atoms with Gasteiger partial charge in [-0.1, -0.05) is 58.4 Å². The minimum Gasteiger partial charge on any atom is -0.465 e. The molecular formula is C32H36ClFN6O3. The molecule has 0 saturated carbocycles. The number of piperazine rings is 1. The monoisotopic (exact) mass is 606 g/mol. The molecule has 0 radical (unpaired) electrons. The van der Waals surface area contributed by atoms with E-state index in [1.54, 1.807) is 30.5 Å². The average Bonchev–Trinajstić information content (AvgIpc) is 2.92. The number of benzene rings is 1. The molecule has 1 N–H and O–H groups in total. The molecule has 1 aliphatic heterocycles. The molecule has 1 aliphatic rings. The quantitative estimate of drug-likeness (QED) is 0.277. The Balaban J connectivity index is 1.85. The summed E-state index contributed by atoms with van der Waals surface area (Å²) in [7, 11) is 0. The van der Waals surface area contributed by atoms with Crippen molar-refractivity contribution in [2.45, 2.75) is 66.5 Å². The van der Waals surface area contributed by atoms with Gasteiger partial charge in [-0.05, 0) is 55.0 Å². The van der Waals surface area contributed by atoms with Gasteiger partial charge >= 0.3 is 11.8 Å². The number of aryl methyl sites for hydroxylation is 1. The summed E-state index contributed by atoms with van der Waals surface area (Å²) in [4.78, 5) is 43.8. The summed E-state index contributed by atoms with van der Waals surface area (Å²) in [6, 6.07) is 8.97. The Kier molecular flexibility index (Phi) is 7.94. The third-order valence-electron chi connectivity index (χ3n) is 8.13. The Morgan fingerprint density at radius 1 is 1.14 bits per heavy atom. The first kappa shape index (κ1) is 30.4. The fourth-order valence-electron chi connectivity index (χ4n) is 6.35. The molecule has 11 heteroatoms. The van der Waals surface area contributed by atoms with Gasteiger partial charge in [-0.2, -0.15) is 4.98 Å². The lowest BCUT2D eigenvalue weighted by Crippen LogP contribution is -2.64. The maximum atomic E-state index is 15.0. The second-order valence-electron chi connectivity index (χ2n) is 12.5. The Morgan fingerprint density at radius 2 is 1.84 bits per heavy atom. The molecule has 1 fully saturated rings. The van der Waals surface area contributed by atoms with E-state index in [9.17, 15) is 14.7 Å². The topological polar surface area (TPSA) is 104 Å². The highest BCUT2D eigenvalue weighted by Gasteiger charge is 2.44. The van der Waals surface area contributed by atoms with E-state index in [-0.39, 0.29) is 40.4 Å². The number of rotatable bonds is 4. The summed E-state index contributed by atoms with van der Waals surface area (Å²) in [5.41, 5.74) is 1.74. The molecule has 226 valence electrons. The SMILES string of the molecule is Cc1ccnc(C(C)C)c1-n1c(=O)nc(N2CCN(C(=O)O)C(C(C)(C)C)C2C)c2cc(Cl)c(-c3ccccc3F)nc21. The standard InChI is InChI=1S/C32H36ClFN6O3/c1-17(2)24-26(18(3)12-13-35-24)40-29-21(16-22(33)25(36-29)20-10-8-9-11-23(20)34)28(37-30(40)41)38-14-15-39(31(42)43)27(19(38)4)32(5,6)7/h8-13,16-17,19,27H,14-15H2,1-7H3,(H,42,43). The van der Waals surface area contributed by atoms with Gasteiger partial charge in [-0.25, -0.2) is 23.5 Å². The molecule has 5 rings (SSSR count). The zero-order valence-corrected chi connectivity index (χ0v) is 26.1. The number of carbonyl (C=O) groups is 1. The van der Waals surface area contributed by atoms with E-state index < -0.39 is 29.1 Å². The van der Waals surface area contributed by atoms with E-state index in [4.69, 9.17) is 16.6 Å². The molecular weight excluding hydrogens is 571 g/mol. The first-order valence-corrected chi connectivity index (χ1v) is 14.7. The molecule has 2 unspecified atom stereocenters. The number of amides is 1. The number of hydrogen-bond donors (Lipinski definition) is 1. The first-order valence-electron chi connectivity index (χ1n) is 14.3. The number of hydrogen-bond acceptors (Lipinski definition) is 6. The lowest BCUT2D eigenvalue weighted by Gasteiger charge is -2.51. The van der Waals surface area contributed by atoms with Crippen molar-refractivity contribution < 1.29 is 14.3 Å². The summed E-state index contributed by atoms with van der Waals surface area (Å²) in [6.07, 6.45) is 0.710. The second-order valence-corrected chi connectivity index (χ2v) is 12.9. The van der Waals surface area contributed by atoms with Crippen molar-refractivity contribution in [1.82, 2.24) is 24.4 Å². The number of aromatic nitrogens is 4. The van der Waals surface area contributed by atoms with Crippen molar-refractivity contribution >= 4 is 34.5 Å². The minimum atomic E-state index is -0.993. The van der Waals surface area contributed by atoms with E-state index in [0.29, 0.717) is 29.1 Å². The molecule has 0 aliphatic carbocycles. The Bertz CT molecular complexity index is 1780. The van der Waals surface area contributed by atoms with Crippen LogP contribution < -0.4 is 10.6 Å². The third kappa shape index (κ3) is 5.33. The van der Waals surface area contributed by atoms with Crippen LogP contribution in [0.15, 0.2) is 47.4 Å². The molecule has 9 nitrogen and oxygen atoms in total. The summed E-state index contributed by atoms with van der Waals surface area (Å²) < 4.78 is 16.5. The summed E-state index contributed by atoms with van der Waals surface area (Å²) in [5.74, 6) is -0.164. The molecule has 43 heavy (non-hydrogen) atoms. The van der Waals surface area contributed by atoms with Crippen molar-refractivity contribution in [2.75, 3.05) is 18.0 Å². The molecule has 0 bridgehead atoms. The van der Waals surface area contributed by atoms with Crippen LogP contribution in [0.4, 0.5) is 15.0 Å². The van der Waals surface area contributed by atoms with Crippen LogP contribution in [-0.2, 0) is 0 Å². The van der Waals surface area contributed by atoms with E-state index in [0.717, 1.165) is 5.56 Å². The van der Waals surface area contributed by atoms with Crippen LogP contribution in [0.25, 0.3) is 28.0 Å². The predicted molar refractivity (Wildman–Crippen MR) is 167 cm³/mol. The number of carboxylic acid groups (broad SMARTS) is 1. The van der Waals surface area contributed by atoms with Crippen LogP contribution in [0.2, 0.25) is 5.02 Å². The van der Waals surface area contributed by atoms with Gasteiger partial charge in [0.25, 0.3) is 0 Å². The van der Waals surface area contributed by atoms with Crippen LogP contribution in [0.1, 0.15) is 58.7 Å². The zero-order valence-electron chi connectivity index (χ0n) is 25.4. The number of halogens is 2. The molecule has 4 heterocycles. The maximum absolute atomic E-state index is 15.0. The van der Waals surface area contributed by atoms with Crippen molar-refractivity contribution in [3.05, 3.63) is 75.2 Å². The van der Waals surface area contributed by atoms with Crippen molar-refractivity contribution in [2.24, 2.45) is 5.41 Å². The highest BCUT2D eigenvalue weighted by molar-refractivity contribution is 6.33. The fraction of sp³-hybridized carbons (Fsp3) is 0.406. The number of nitrogens with zero attached hydrogens (tertiary/aromatic N) is 6. The van der Waals surface area contributed by atoms with Gasteiger partial charge in [0.1, 0.15) is 11.6 Å². The lowest BCUT2D eigenvalue weighted by molar-refractivity contribution is 0.0562. The van der Waals surface area contributed by atoms with E-state index in [1.165, 1.54) is 15.5 Å². The van der Waals surface area contributed by atoms with E-state index >= 15 is 4.39 Å². The lowest BCUT2D eigenvalue weighted by atomic mass is 9.80. The van der Waals surface area contributed by atoms with Crippen LogP contribution in [0.5, 0.6) is 0 Å². The highest BCUT2D eigenvalue weighted by Crippen LogP contribution is 2.39. The molecule has 1 saturated heterocycles. The van der Waals surface area contributed by atoms with Gasteiger partial charge < -0.3 is 14.9 Å². The number of fused-ring (bicyclic) bond motifs is 1. The first-order chi connectivity index (χ1) is 20.2. The van der Waals surface area contributed by atoms with Crippen molar-refractivity contribution in [1.29, 1.82) is 0 Å². The zero-order chi connectivity index (χ0) is 31.4. The molecule has 3 aromatic heterocycles. The summed E-state index contributed by atoms with van der Waals surface area (Å²) in [6.45, 7) is 14.3. The molecule has 2 atom stereocenters. The normalized spacial score (nSPS) is 17.6. The van der Waals surface area contributed by atoms with Gasteiger partial charge in [0.2, 0.25) is 0 Å². The molecule has 4 aromatic rings. The molecule has 1 aromatic carbocycles. The van der Waals surface area contributed by atoms with Crippen LogP contribution in [0, 0.1) is 18.2 Å². The van der Waals surface area contributed by atoms with Crippen LogP contribution in [-0.4, -0.2) is 60.8 Å². The predicted octanol–water partition coefficient (Wildman–Crippen LogP) is 6.67. The maximum Gasteiger partial charge on any atom is 0.407 e. The second kappa shape index (κ2) is 11.2. The van der Waals surface area contributed by atoms with Crippen molar-refractivity contribution in [3.63, 3.8) is 0 Å². The summed E-state index contributed by atoms with van der Waals surface area (Å²) >= 11 is 6.81. The van der Waals surface area contributed by atoms with Crippen LogP contribution in [0.3, 0.4) is 0 Å². The van der Waals surface area contributed by atoms with Crippen LogP contribution >= 0.6 is 11.6 Å². The Labute approximate surface area is 255 Å². The third-order valence-corrected chi connectivity index (χ3v) is 8.41. The highest BCUT2D eigenvalue weighted by atomic mass is 35.5. The van der Waals surface area contributed by atoms with Gasteiger partial charge in [-0.15, -0.1) is 0 Å². The largest absolute Gasteiger partial charge is 0.465 e. The fourth-order valence-corrected chi connectivity index (χ4v) is 6.60. The average molecular weight is 607 g/mol. The summed E-state index contributed by atoms with van der Waals surface area (Å²) in [5, 5.41) is 10.7. The molecule has 1 amide bonds. The van der Waals surface area contributed by atoms with Gasteiger partial charge in [0, 0.05) is 30.9 Å². The van der Waals surface area contributed by atoms with E-state index in [1.807, 2.05) is 59.4 Å². The van der Waals surface area contributed by atoms with Gasteiger partial charge in [0.05, 0.1) is 33.5 Å². The van der Waals surface area contributed by atoms with Gasteiger partial charge in [0.15, 0.2) is 5.65 Å². The number of anilines is 1. The smallest absolute Gasteiger partial charge is 0.407 e. The Morgan fingerprint density at radius 3 is 2.47 bits per heavy atom. The van der Waals surface area contributed by atoms with Gasteiger partial charge in [-0.3, -0.25) is 4.98 Å². The number of pyridine rings is 2. The minimum absolute atomic E-state index is 0.0217. The molecule has 0 spiro atoms.